The number of ether oxygens (including phenoxy) is 1. The summed E-state index contributed by atoms with van der Waals surface area (Å²) in [5, 5.41) is 0. The molecule has 0 aromatic heterocycles. The predicted molar refractivity (Wildman–Crippen MR) is 54.3 cm³/mol. The quantitative estimate of drug-likeness (QED) is 0.585. The number of rotatable bonds is 4. The van der Waals surface area contributed by atoms with Gasteiger partial charge in [-0.3, -0.25) is 0 Å². The Bertz CT molecular complexity index is 175. The minimum Gasteiger partial charge on any atom is -0.378 e. The van der Waals surface area contributed by atoms with Gasteiger partial charge in [0, 0.05) is 7.11 Å². The van der Waals surface area contributed by atoms with Crippen molar-refractivity contribution in [3.05, 3.63) is 23.8 Å². The van der Waals surface area contributed by atoms with Crippen LogP contribution in [-0.2, 0) is 4.74 Å². The molecule has 0 unspecified atom stereocenters. The first-order chi connectivity index (χ1) is 5.52. The summed E-state index contributed by atoms with van der Waals surface area (Å²) in [7, 11) is 1.75. The van der Waals surface area contributed by atoms with Gasteiger partial charge in [-0.05, 0) is 34.1 Å². The molecule has 0 rings (SSSR count). The standard InChI is InChI=1S/C11H20O/c1-6-10(2)8-7-9-11(3,4)12-5/h6-8H,9H2,1-5H3/b8-7+,10-6+. The van der Waals surface area contributed by atoms with Gasteiger partial charge in [0.05, 0.1) is 5.60 Å². The zero-order valence-corrected chi connectivity index (χ0v) is 8.85. The van der Waals surface area contributed by atoms with Gasteiger partial charge in [0.15, 0.2) is 0 Å². The van der Waals surface area contributed by atoms with Crippen LogP contribution in [0.25, 0.3) is 0 Å². The Morgan fingerprint density at radius 3 is 2.42 bits per heavy atom. The molecular formula is C11H20O. The second kappa shape index (κ2) is 5.15. The zero-order chi connectivity index (χ0) is 9.61. The van der Waals surface area contributed by atoms with Crippen molar-refractivity contribution < 1.29 is 4.74 Å². The molecular weight excluding hydrogens is 148 g/mol. The summed E-state index contributed by atoms with van der Waals surface area (Å²) in [6.45, 7) is 8.31. The summed E-state index contributed by atoms with van der Waals surface area (Å²) in [6.07, 6.45) is 7.32. The molecule has 1 nitrogen and oxygen atoms in total. The van der Waals surface area contributed by atoms with Crippen LogP contribution in [0.2, 0.25) is 0 Å². The van der Waals surface area contributed by atoms with Crippen molar-refractivity contribution in [2.24, 2.45) is 0 Å². The normalized spacial score (nSPS) is 14.2. The van der Waals surface area contributed by atoms with Gasteiger partial charge in [-0.1, -0.05) is 23.8 Å². The van der Waals surface area contributed by atoms with E-state index in [4.69, 9.17) is 4.74 Å². The smallest absolute Gasteiger partial charge is 0.0657 e. The molecule has 0 aliphatic rings. The SMILES string of the molecule is C/C=C(C)/C=C/CC(C)(C)OC. The Hall–Kier alpha value is -0.560. The van der Waals surface area contributed by atoms with Crippen LogP contribution < -0.4 is 0 Å². The molecule has 0 aromatic carbocycles. The van der Waals surface area contributed by atoms with E-state index in [1.54, 1.807) is 7.11 Å². The van der Waals surface area contributed by atoms with Gasteiger partial charge in [0.1, 0.15) is 0 Å². The van der Waals surface area contributed by atoms with Crippen molar-refractivity contribution in [2.45, 2.75) is 39.7 Å². The van der Waals surface area contributed by atoms with Crippen LogP contribution in [0.3, 0.4) is 0 Å². The molecule has 1 heteroatoms. The molecule has 0 aliphatic carbocycles. The fraction of sp³-hybridized carbons (Fsp3) is 0.636. The highest BCUT2D eigenvalue weighted by molar-refractivity contribution is 5.15. The third kappa shape index (κ3) is 5.14. The Morgan fingerprint density at radius 1 is 1.42 bits per heavy atom. The molecule has 0 heterocycles. The topological polar surface area (TPSA) is 9.23 Å². The third-order valence-electron chi connectivity index (χ3n) is 2.00. The zero-order valence-electron chi connectivity index (χ0n) is 8.85. The maximum absolute atomic E-state index is 5.28. The summed E-state index contributed by atoms with van der Waals surface area (Å²) in [4.78, 5) is 0. The Balaban J connectivity index is 3.90. The average Bonchev–Trinajstić information content (AvgIpc) is 2.04. The van der Waals surface area contributed by atoms with Crippen LogP contribution in [0, 0.1) is 0 Å². The average molecular weight is 168 g/mol. The van der Waals surface area contributed by atoms with Gasteiger partial charge < -0.3 is 4.74 Å². The fourth-order valence-electron chi connectivity index (χ4n) is 0.708. The van der Waals surface area contributed by atoms with Crippen molar-refractivity contribution in [1.29, 1.82) is 0 Å². The first-order valence-corrected chi connectivity index (χ1v) is 4.36. The van der Waals surface area contributed by atoms with E-state index in [1.165, 1.54) is 5.57 Å². The lowest BCUT2D eigenvalue weighted by Gasteiger charge is -2.20. The van der Waals surface area contributed by atoms with E-state index in [9.17, 15) is 0 Å². The lowest BCUT2D eigenvalue weighted by Crippen LogP contribution is -2.20. The molecule has 0 saturated carbocycles. The van der Waals surface area contributed by atoms with Gasteiger partial charge in [-0.15, -0.1) is 0 Å². The van der Waals surface area contributed by atoms with E-state index in [2.05, 4.69) is 39.0 Å². The van der Waals surface area contributed by atoms with E-state index in [0.717, 1.165) is 6.42 Å². The molecule has 0 amide bonds. The summed E-state index contributed by atoms with van der Waals surface area (Å²) >= 11 is 0. The molecule has 12 heavy (non-hydrogen) atoms. The van der Waals surface area contributed by atoms with Crippen molar-refractivity contribution in [3.8, 4) is 0 Å². The highest BCUT2D eigenvalue weighted by Gasteiger charge is 2.12. The lowest BCUT2D eigenvalue weighted by atomic mass is 10.0. The predicted octanol–water partition coefficient (Wildman–Crippen LogP) is 3.32. The van der Waals surface area contributed by atoms with Crippen LogP contribution in [-0.4, -0.2) is 12.7 Å². The first kappa shape index (κ1) is 11.4. The van der Waals surface area contributed by atoms with E-state index >= 15 is 0 Å². The number of allylic oxidation sites excluding steroid dienone is 3. The molecule has 0 bridgehead atoms. The van der Waals surface area contributed by atoms with E-state index in [1.807, 2.05) is 6.92 Å². The molecule has 0 fully saturated rings. The van der Waals surface area contributed by atoms with Crippen molar-refractivity contribution >= 4 is 0 Å². The maximum atomic E-state index is 5.28. The summed E-state index contributed by atoms with van der Waals surface area (Å²) < 4.78 is 5.28. The van der Waals surface area contributed by atoms with E-state index in [0.29, 0.717) is 0 Å². The van der Waals surface area contributed by atoms with Gasteiger partial charge in [0.25, 0.3) is 0 Å². The second-order valence-electron chi connectivity index (χ2n) is 3.60. The lowest BCUT2D eigenvalue weighted by molar-refractivity contribution is 0.0255. The minimum atomic E-state index is -0.0372. The molecule has 0 atom stereocenters. The number of methoxy groups -OCH3 is 1. The molecule has 0 aliphatic heterocycles. The highest BCUT2D eigenvalue weighted by atomic mass is 16.5. The van der Waals surface area contributed by atoms with Crippen molar-refractivity contribution in [1.82, 2.24) is 0 Å². The first-order valence-electron chi connectivity index (χ1n) is 4.36. The van der Waals surface area contributed by atoms with Crippen molar-refractivity contribution in [2.75, 3.05) is 7.11 Å². The number of hydrogen-bond donors (Lipinski definition) is 0. The molecule has 0 saturated heterocycles. The van der Waals surface area contributed by atoms with Crippen LogP contribution >= 0.6 is 0 Å². The molecule has 70 valence electrons. The van der Waals surface area contributed by atoms with Gasteiger partial charge in [-0.25, -0.2) is 0 Å². The van der Waals surface area contributed by atoms with Crippen LogP contribution in [0.1, 0.15) is 34.1 Å². The van der Waals surface area contributed by atoms with Crippen LogP contribution in [0.5, 0.6) is 0 Å². The Morgan fingerprint density at radius 2 is 2.00 bits per heavy atom. The molecule has 0 N–H and O–H groups in total. The monoisotopic (exact) mass is 168 g/mol. The largest absolute Gasteiger partial charge is 0.378 e. The summed E-state index contributed by atoms with van der Waals surface area (Å²) in [6, 6.07) is 0. The van der Waals surface area contributed by atoms with Gasteiger partial charge >= 0.3 is 0 Å². The highest BCUT2D eigenvalue weighted by Crippen LogP contribution is 2.13. The van der Waals surface area contributed by atoms with Gasteiger partial charge in [-0.2, -0.15) is 0 Å². The van der Waals surface area contributed by atoms with Crippen LogP contribution in [0.15, 0.2) is 23.8 Å². The summed E-state index contributed by atoms with van der Waals surface area (Å²) in [5.74, 6) is 0. The Labute approximate surface area is 76.1 Å². The molecule has 0 spiro atoms. The Kier molecular flexibility index (Phi) is 4.91. The number of hydrogen-bond acceptors (Lipinski definition) is 1. The fourth-order valence-corrected chi connectivity index (χ4v) is 0.708. The van der Waals surface area contributed by atoms with Gasteiger partial charge in [0.2, 0.25) is 0 Å². The maximum Gasteiger partial charge on any atom is 0.0657 e. The van der Waals surface area contributed by atoms with E-state index < -0.39 is 0 Å². The van der Waals surface area contributed by atoms with Crippen molar-refractivity contribution in [3.63, 3.8) is 0 Å². The molecule has 0 radical (unpaired) electrons. The second-order valence-corrected chi connectivity index (χ2v) is 3.60. The van der Waals surface area contributed by atoms with E-state index in [-0.39, 0.29) is 5.60 Å². The summed E-state index contributed by atoms with van der Waals surface area (Å²) in [5.41, 5.74) is 1.26. The van der Waals surface area contributed by atoms with Crippen LogP contribution in [0.4, 0.5) is 0 Å². The molecule has 0 aromatic rings. The third-order valence-corrected chi connectivity index (χ3v) is 2.00. The minimum absolute atomic E-state index is 0.0372.